The van der Waals surface area contributed by atoms with Crippen LogP contribution in [0.5, 0.6) is 11.5 Å². The smallest absolute Gasteiger partial charge is 0.259 e. The molecule has 1 unspecified atom stereocenters. The van der Waals surface area contributed by atoms with Gasteiger partial charge in [-0.05, 0) is 43.2 Å². The summed E-state index contributed by atoms with van der Waals surface area (Å²) in [5.41, 5.74) is 1.44. The monoisotopic (exact) mass is 384 g/mol. The highest BCUT2D eigenvalue weighted by Crippen LogP contribution is 2.29. The lowest BCUT2D eigenvalue weighted by Crippen LogP contribution is -2.19. The summed E-state index contributed by atoms with van der Waals surface area (Å²) >= 11 is 0. The fourth-order valence-electron chi connectivity index (χ4n) is 3.01. The molecule has 1 fully saturated rings. The van der Waals surface area contributed by atoms with Gasteiger partial charge in [0.25, 0.3) is 5.91 Å². The maximum atomic E-state index is 12.8. The molecule has 1 heterocycles. The summed E-state index contributed by atoms with van der Waals surface area (Å²) in [6.07, 6.45) is 2.06. The Morgan fingerprint density at radius 1 is 1.14 bits per heavy atom. The van der Waals surface area contributed by atoms with Crippen LogP contribution in [0, 0.1) is 0 Å². The zero-order chi connectivity index (χ0) is 19.9. The SMILES string of the molecule is COc1ccc(NC(=O)c2ccccc2OCC2CCCO2)cc1NC(C)=O. The second kappa shape index (κ2) is 9.23. The van der Waals surface area contributed by atoms with Crippen molar-refractivity contribution in [2.45, 2.75) is 25.9 Å². The molecule has 7 nitrogen and oxygen atoms in total. The summed E-state index contributed by atoms with van der Waals surface area (Å²) in [7, 11) is 1.51. The van der Waals surface area contributed by atoms with Crippen molar-refractivity contribution < 1.29 is 23.8 Å². The number of ether oxygens (including phenoxy) is 3. The van der Waals surface area contributed by atoms with Crippen molar-refractivity contribution >= 4 is 23.2 Å². The van der Waals surface area contributed by atoms with Gasteiger partial charge in [0.15, 0.2) is 0 Å². The average Bonchev–Trinajstić information content (AvgIpc) is 3.20. The van der Waals surface area contributed by atoms with E-state index in [4.69, 9.17) is 14.2 Å². The third-order valence-electron chi connectivity index (χ3n) is 4.35. The Hall–Kier alpha value is -3.06. The van der Waals surface area contributed by atoms with E-state index in [0.29, 0.717) is 35.0 Å². The number of carbonyl (C=O) groups excluding carboxylic acids is 2. The molecule has 1 aliphatic rings. The van der Waals surface area contributed by atoms with E-state index in [1.165, 1.54) is 14.0 Å². The summed E-state index contributed by atoms with van der Waals surface area (Å²) in [5, 5.41) is 5.52. The lowest BCUT2D eigenvalue weighted by molar-refractivity contribution is -0.114. The Balaban J connectivity index is 1.73. The zero-order valence-corrected chi connectivity index (χ0v) is 16.0. The number of nitrogens with one attached hydrogen (secondary N) is 2. The Labute approximate surface area is 164 Å². The number of carbonyl (C=O) groups is 2. The van der Waals surface area contributed by atoms with E-state index in [1.807, 2.05) is 6.07 Å². The average molecular weight is 384 g/mol. The second-order valence-corrected chi connectivity index (χ2v) is 6.49. The maximum absolute atomic E-state index is 12.8. The number of rotatable bonds is 7. The topological polar surface area (TPSA) is 85.9 Å². The number of amides is 2. The number of para-hydroxylation sites is 1. The van der Waals surface area contributed by atoms with Crippen LogP contribution >= 0.6 is 0 Å². The third kappa shape index (κ3) is 5.01. The predicted octanol–water partition coefficient (Wildman–Crippen LogP) is 3.46. The largest absolute Gasteiger partial charge is 0.495 e. The molecule has 0 saturated carbocycles. The van der Waals surface area contributed by atoms with Crippen LogP contribution in [0.4, 0.5) is 11.4 Å². The summed E-state index contributed by atoms with van der Waals surface area (Å²) in [6, 6.07) is 12.1. The molecule has 0 bridgehead atoms. The number of hydrogen-bond acceptors (Lipinski definition) is 5. The van der Waals surface area contributed by atoms with Crippen molar-refractivity contribution in [1.82, 2.24) is 0 Å². The van der Waals surface area contributed by atoms with E-state index in [9.17, 15) is 9.59 Å². The molecule has 148 valence electrons. The fraction of sp³-hybridized carbons (Fsp3) is 0.333. The first kappa shape index (κ1) is 19.7. The minimum absolute atomic E-state index is 0.0675. The molecule has 1 aliphatic heterocycles. The molecule has 2 aromatic rings. The van der Waals surface area contributed by atoms with Crippen LogP contribution < -0.4 is 20.1 Å². The van der Waals surface area contributed by atoms with Gasteiger partial charge in [0.2, 0.25) is 5.91 Å². The molecule has 2 N–H and O–H groups in total. The highest BCUT2D eigenvalue weighted by molar-refractivity contribution is 6.06. The van der Waals surface area contributed by atoms with Crippen LogP contribution in [-0.4, -0.2) is 38.2 Å². The number of anilines is 2. The van der Waals surface area contributed by atoms with Crippen molar-refractivity contribution in [1.29, 1.82) is 0 Å². The molecule has 0 aromatic heterocycles. The standard InChI is InChI=1S/C21H24N2O5/c1-14(24)22-18-12-15(9-10-20(18)26-2)23-21(25)17-7-3-4-8-19(17)28-13-16-6-5-11-27-16/h3-4,7-10,12,16H,5-6,11,13H2,1-2H3,(H,22,24)(H,23,25). The van der Waals surface area contributed by atoms with Gasteiger partial charge in [-0.2, -0.15) is 0 Å². The molecule has 3 rings (SSSR count). The zero-order valence-electron chi connectivity index (χ0n) is 16.0. The Bertz CT molecular complexity index is 846. The molecule has 28 heavy (non-hydrogen) atoms. The Morgan fingerprint density at radius 2 is 1.96 bits per heavy atom. The van der Waals surface area contributed by atoms with Crippen molar-refractivity contribution in [2.75, 3.05) is 31.0 Å². The van der Waals surface area contributed by atoms with E-state index in [-0.39, 0.29) is 17.9 Å². The van der Waals surface area contributed by atoms with E-state index >= 15 is 0 Å². The van der Waals surface area contributed by atoms with Crippen LogP contribution in [0.1, 0.15) is 30.1 Å². The first-order chi connectivity index (χ1) is 13.6. The van der Waals surface area contributed by atoms with Gasteiger partial charge in [-0.3, -0.25) is 9.59 Å². The van der Waals surface area contributed by atoms with Crippen molar-refractivity contribution in [2.24, 2.45) is 0 Å². The summed E-state index contributed by atoms with van der Waals surface area (Å²) in [6.45, 7) is 2.58. The first-order valence-electron chi connectivity index (χ1n) is 9.17. The normalized spacial score (nSPS) is 15.7. The van der Waals surface area contributed by atoms with Crippen molar-refractivity contribution in [3.05, 3.63) is 48.0 Å². The van der Waals surface area contributed by atoms with Gasteiger partial charge in [-0.1, -0.05) is 12.1 Å². The molecule has 0 aliphatic carbocycles. The molecule has 2 aromatic carbocycles. The van der Waals surface area contributed by atoms with Crippen LogP contribution in [-0.2, 0) is 9.53 Å². The van der Waals surface area contributed by atoms with Crippen molar-refractivity contribution in [3.8, 4) is 11.5 Å². The van der Waals surface area contributed by atoms with Gasteiger partial charge >= 0.3 is 0 Å². The lowest BCUT2D eigenvalue weighted by Gasteiger charge is -2.15. The maximum Gasteiger partial charge on any atom is 0.259 e. The van der Waals surface area contributed by atoms with Crippen molar-refractivity contribution in [3.63, 3.8) is 0 Å². The molecule has 1 atom stereocenters. The Kier molecular flexibility index (Phi) is 6.49. The van der Waals surface area contributed by atoms with E-state index in [0.717, 1.165) is 19.4 Å². The van der Waals surface area contributed by atoms with Crippen LogP contribution in [0.25, 0.3) is 0 Å². The molecule has 7 heteroatoms. The first-order valence-corrected chi connectivity index (χ1v) is 9.17. The number of hydrogen-bond donors (Lipinski definition) is 2. The van der Waals surface area contributed by atoms with Gasteiger partial charge in [0, 0.05) is 19.2 Å². The number of methoxy groups -OCH3 is 1. The van der Waals surface area contributed by atoms with Crippen LogP contribution in [0.15, 0.2) is 42.5 Å². The summed E-state index contributed by atoms with van der Waals surface area (Å²) < 4.78 is 16.6. The fourth-order valence-corrected chi connectivity index (χ4v) is 3.01. The number of benzene rings is 2. The lowest BCUT2D eigenvalue weighted by atomic mass is 10.1. The molecule has 0 spiro atoms. The molecule has 0 radical (unpaired) electrons. The summed E-state index contributed by atoms with van der Waals surface area (Å²) in [5.74, 6) is 0.483. The van der Waals surface area contributed by atoms with Crippen LogP contribution in [0.3, 0.4) is 0 Å². The molecule has 1 saturated heterocycles. The van der Waals surface area contributed by atoms with E-state index in [1.54, 1.807) is 36.4 Å². The van der Waals surface area contributed by atoms with Gasteiger partial charge < -0.3 is 24.8 Å². The van der Waals surface area contributed by atoms with E-state index in [2.05, 4.69) is 10.6 Å². The molecular formula is C21H24N2O5. The third-order valence-corrected chi connectivity index (χ3v) is 4.35. The highest BCUT2D eigenvalue weighted by Gasteiger charge is 2.18. The molecule has 2 amide bonds. The predicted molar refractivity (Wildman–Crippen MR) is 106 cm³/mol. The van der Waals surface area contributed by atoms with Gasteiger partial charge in [-0.15, -0.1) is 0 Å². The minimum atomic E-state index is -0.304. The molecular weight excluding hydrogens is 360 g/mol. The summed E-state index contributed by atoms with van der Waals surface area (Å²) in [4.78, 5) is 24.2. The van der Waals surface area contributed by atoms with Gasteiger partial charge in [0.1, 0.15) is 18.1 Å². The quantitative estimate of drug-likeness (QED) is 0.763. The Morgan fingerprint density at radius 3 is 2.68 bits per heavy atom. The van der Waals surface area contributed by atoms with E-state index < -0.39 is 0 Å². The van der Waals surface area contributed by atoms with Crippen LogP contribution in [0.2, 0.25) is 0 Å². The minimum Gasteiger partial charge on any atom is -0.495 e. The van der Waals surface area contributed by atoms with Gasteiger partial charge in [0.05, 0.1) is 24.5 Å². The van der Waals surface area contributed by atoms with Gasteiger partial charge in [-0.25, -0.2) is 0 Å². The second-order valence-electron chi connectivity index (χ2n) is 6.49. The highest BCUT2D eigenvalue weighted by atomic mass is 16.5.